The van der Waals surface area contributed by atoms with E-state index in [2.05, 4.69) is 38.0 Å². The molecule has 0 aromatic carbocycles. The van der Waals surface area contributed by atoms with E-state index in [1.54, 1.807) is 0 Å². The highest BCUT2D eigenvalue weighted by atomic mass is 15.3. The van der Waals surface area contributed by atoms with Crippen molar-refractivity contribution in [3.8, 4) is 0 Å². The second kappa shape index (κ2) is 9.53. The summed E-state index contributed by atoms with van der Waals surface area (Å²) in [4.78, 5) is 8.28. The Morgan fingerprint density at radius 3 is 2.67 bits per heavy atom. The maximum absolute atomic E-state index is 4.25. The van der Waals surface area contributed by atoms with Gasteiger partial charge < -0.3 is 0 Å². The Morgan fingerprint density at radius 1 is 1.07 bits per heavy atom. The second-order valence-corrected chi connectivity index (χ2v) is 8.98. The van der Waals surface area contributed by atoms with Crippen LogP contribution in [0.3, 0.4) is 0 Å². The maximum atomic E-state index is 4.25. The first-order valence-corrected chi connectivity index (χ1v) is 11.5. The molecule has 1 atom stereocenters. The van der Waals surface area contributed by atoms with Crippen molar-refractivity contribution in [1.82, 2.24) is 24.9 Å². The summed E-state index contributed by atoms with van der Waals surface area (Å²) < 4.78 is 0. The van der Waals surface area contributed by atoms with Crippen LogP contribution < -0.4 is 0 Å². The van der Waals surface area contributed by atoms with Crippen molar-refractivity contribution in [3.63, 3.8) is 0 Å². The van der Waals surface area contributed by atoms with Crippen molar-refractivity contribution in [3.05, 3.63) is 17.5 Å². The van der Waals surface area contributed by atoms with Gasteiger partial charge in [0.15, 0.2) is 0 Å². The fourth-order valence-electron chi connectivity index (χ4n) is 5.54. The maximum Gasteiger partial charge on any atom is 0.0522 e. The largest absolute Gasteiger partial charge is 0.300 e. The number of rotatable bonds is 7. The van der Waals surface area contributed by atoms with Gasteiger partial charge in [-0.25, -0.2) is 0 Å². The molecule has 0 radical (unpaired) electrons. The minimum atomic E-state index is 0.707. The molecule has 4 rings (SSSR count). The summed E-state index contributed by atoms with van der Waals surface area (Å²) in [6.45, 7) is 11.2. The molecule has 1 saturated carbocycles. The molecular weight excluding hydrogens is 334 g/mol. The van der Waals surface area contributed by atoms with E-state index in [1.165, 1.54) is 115 Å². The Labute approximate surface area is 165 Å². The zero-order valence-corrected chi connectivity index (χ0v) is 17.3. The summed E-state index contributed by atoms with van der Waals surface area (Å²) in [5.41, 5.74) is 2.83. The van der Waals surface area contributed by atoms with E-state index in [4.69, 9.17) is 0 Å². The molecular formula is C22H39N5. The Morgan fingerprint density at radius 2 is 1.89 bits per heavy atom. The molecule has 3 aliphatic rings. The number of hydrogen-bond acceptors (Lipinski definition) is 4. The third kappa shape index (κ3) is 4.93. The van der Waals surface area contributed by atoms with E-state index < -0.39 is 0 Å². The third-order valence-electron chi connectivity index (χ3n) is 7.22. The highest BCUT2D eigenvalue weighted by Crippen LogP contribution is 2.24. The fourth-order valence-corrected chi connectivity index (χ4v) is 5.54. The molecule has 5 heteroatoms. The van der Waals surface area contributed by atoms with Crippen LogP contribution in [0.2, 0.25) is 0 Å². The van der Waals surface area contributed by atoms with Gasteiger partial charge in [-0.05, 0) is 50.6 Å². The number of H-pyrrole nitrogens is 1. The molecule has 1 aliphatic heterocycles. The van der Waals surface area contributed by atoms with Crippen LogP contribution in [0.15, 0.2) is 6.20 Å². The van der Waals surface area contributed by atoms with Crippen molar-refractivity contribution >= 4 is 0 Å². The Hall–Kier alpha value is -0.910. The summed E-state index contributed by atoms with van der Waals surface area (Å²) in [6, 6.07) is 1.60. The van der Waals surface area contributed by atoms with Crippen LogP contribution in [-0.2, 0) is 12.8 Å². The van der Waals surface area contributed by atoms with Crippen LogP contribution in [0.1, 0.15) is 63.1 Å². The van der Waals surface area contributed by atoms with Crippen LogP contribution in [0, 0.1) is 0 Å². The number of nitrogens with zero attached hydrogens (tertiary/aromatic N) is 4. The van der Waals surface area contributed by atoms with Crippen LogP contribution in [0.25, 0.3) is 0 Å². The quantitative estimate of drug-likeness (QED) is 0.798. The molecule has 0 bridgehead atoms. The van der Waals surface area contributed by atoms with E-state index in [1.807, 2.05) is 0 Å². The molecule has 1 unspecified atom stereocenters. The van der Waals surface area contributed by atoms with Crippen LogP contribution in [0.4, 0.5) is 0 Å². The summed E-state index contributed by atoms with van der Waals surface area (Å²) in [5.74, 6) is 0. The molecule has 2 aliphatic carbocycles. The van der Waals surface area contributed by atoms with E-state index in [0.29, 0.717) is 6.04 Å². The number of fused-ring (bicyclic) bond motifs is 1. The zero-order valence-electron chi connectivity index (χ0n) is 17.3. The van der Waals surface area contributed by atoms with Crippen LogP contribution in [0.5, 0.6) is 0 Å². The van der Waals surface area contributed by atoms with E-state index in [-0.39, 0.29) is 0 Å². The van der Waals surface area contributed by atoms with Gasteiger partial charge in [-0.15, -0.1) is 0 Å². The standard InChI is InChI=1S/C22H39N5/c1-2-10-26(21-8-9-22-19(17-21)18-23-24-22)14-11-25-12-15-27(16-13-25)20-6-4-3-5-7-20/h18,20-21H,2-17H2,1H3,(H,23,24). The number of aromatic nitrogens is 2. The van der Waals surface area contributed by atoms with E-state index >= 15 is 0 Å². The Bertz CT molecular complexity index is 557. The minimum absolute atomic E-state index is 0.707. The van der Waals surface area contributed by atoms with Gasteiger partial charge in [-0.2, -0.15) is 5.10 Å². The summed E-state index contributed by atoms with van der Waals surface area (Å²) in [6.07, 6.45) is 14.2. The highest BCUT2D eigenvalue weighted by Gasteiger charge is 2.27. The fraction of sp³-hybridized carbons (Fsp3) is 0.864. The molecule has 27 heavy (non-hydrogen) atoms. The van der Waals surface area contributed by atoms with Gasteiger partial charge in [0.1, 0.15) is 0 Å². The number of piperazine rings is 1. The SMILES string of the molecule is CCCN(CCN1CCN(C2CCCCC2)CC1)C1CCc2[nH]ncc2C1. The minimum Gasteiger partial charge on any atom is -0.300 e. The van der Waals surface area contributed by atoms with Crippen LogP contribution in [-0.4, -0.2) is 82.8 Å². The van der Waals surface area contributed by atoms with Gasteiger partial charge in [0.2, 0.25) is 0 Å². The van der Waals surface area contributed by atoms with Gasteiger partial charge in [0.25, 0.3) is 0 Å². The topological polar surface area (TPSA) is 38.4 Å². The van der Waals surface area contributed by atoms with Crippen molar-refractivity contribution in [2.24, 2.45) is 0 Å². The van der Waals surface area contributed by atoms with Crippen molar-refractivity contribution in [2.45, 2.75) is 76.8 Å². The molecule has 0 amide bonds. The smallest absolute Gasteiger partial charge is 0.0522 e. The Balaban J connectivity index is 1.23. The van der Waals surface area contributed by atoms with Gasteiger partial charge >= 0.3 is 0 Å². The molecule has 2 fully saturated rings. The van der Waals surface area contributed by atoms with E-state index in [0.717, 1.165) is 6.04 Å². The molecule has 2 heterocycles. The third-order valence-corrected chi connectivity index (χ3v) is 7.22. The summed E-state index contributed by atoms with van der Waals surface area (Å²) in [7, 11) is 0. The molecule has 5 nitrogen and oxygen atoms in total. The lowest BCUT2D eigenvalue weighted by Gasteiger charge is -2.42. The predicted molar refractivity (Wildman–Crippen MR) is 111 cm³/mol. The summed E-state index contributed by atoms with van der Waals surface area (Å²) >= 11 is 0. The van der Waals surface area contributed by atoms with Gasteiger partial charge in [-0.1, -0.05) is 26.2 Å². The van der Waals surface area contributed by atoms with Crippen molar-refractivity contribution < 1.29 is 0 Å². The van der Waals surface area contributed by atoms with E-state index in [9.17, 15) is 0 Å². The monoisotopic (exact) mass is 373 g/mol. The predicted octanol–water partition coefficient (Wildman–Crippen LogP) is 2.93. The van der Waals surface area contributed by atoms with Gasteiger partial charge in [0, 0.05) is 57.0 Å². The van der Waals surface area contributed by atoms with Gasteiger partial charge in [0.05, 0.1) is 6.20 Å². The summed E-state index contributed by atoms with van der Waals surface area (Å²) in [5, 5.41) is 7.43. The lowest BCUT2D eigenvalue weighted by Crippen LogP contribution is -2.52. The molecule has 1 saturated heterocycles. The first-order chi connectivity index (χ1) is 13.3. The number of hydrogen-bond donors (Lipinski definition) is 1. The average molecular weight is 374 g/mol. The lowest BCUT2D eigenvalue weighted by atomic mass is 9.92. The molecule has 152 valence electrons. The Kier molecular flexibility index (Phi) is 6.85. The number of nitrogens with one attached hydrogen (secondary N) is 1. The normalized spacial score (nSPS) is 25.8. The first kappa shape index (κ1) is 19.4. The van der Waals surface area contributed by atoms with Crippen LogP contribution >= 0.6 is 0 Å². The number of aromatic amines is 1. The van der Waals surface area contributed by atoms with Gasteiger partial charge in [-0.3, -0.25) is 19.8 Å². The molecule has 1 N–H and O–H groups in total. The van der Waals surface area contributed by atoms with Crippen molar-refractivity contribution in [2.75, 3.05) is 45.8 Å². The zero-order chi connectivity index (χ0) is 18.5. The highest BCUT2D eigenvalue weighted by molar-refractivity contribution is 5.21. The molecule has 1 aromatic heterocycles. The lowest BCUT2D eigenvalue weighted by molar-refractivity contribution is 0.0676. The molecule has 1 aromatic rings. The first-order valence-electron chi connectivity index (χ1n) is 11.5. The number of aryl methyl sites for hydroxylation is 1. The molecule has 0 spiro atoms. The average Bonchev–Trinajstić information content (AvgIpc) is 3.20. The second-order valence-electron chi connectivity index (χ2n) is 8.98. The van der Waals surface area contributed by atoms with Crippen molar-refractivity contribution in [1.29, 1.82) is 0 Å².